The Balaban J connectivity index is 1.20. The maximum absolute atomic E-state index is 13.6. The van der Waals surface area contributed by atoms with Crippen molar-refractivity contribution in [2.75, 3.05) is 37.1 Å². The van der Waals surface area contributed by atoms with E-state index in [4.69, 9.17) is 9.47 Å². The number of piperidine rings is 1. The Morgan fingerprint density at radius 3 is 2.17 bits per heavy atom. The molecule has 0 aromatic heterocycles. The van der Waals surface area contributed by atoms with Gasteiger partial charge >= 0.3 is 0 Å². The number of anilines is 1. The number of aryl methyl sites for hydroxylation is 2. The van der Waals surface area contributed by atoms with Gasteiger partial charge in [-0.1, -0.05) is 30.2 Å². The molecule has 0 bridgehead atoms. The quantitative estimate of drug-likeness (QED) is 0.366. The van der Waals surface area contributed by atoms with Gasteiger partial charge in [-0.05, 0) is 80.8 Å². The summed E-state index contributed by atoms with van der Waals surface area (Å²) in [5.41, 5.74) is 2.18. The summed E-state index contributed by atoms with van der Waals surface area (Å²) in [6.45, 7) is 4.88. The molecule has 1 fully saturated rings. The number of sulfonamides is 2. The van der Waals surface area contributed by atoms with Crippen molar-refractivity contribution in [3.8, 4) is 11.5 Å². The molecule has 42 heavy (non-hydrogen) atoms. The highest BCUT2D eigenvalue weighted by molar-refractivity contribution is 7.92. The molecule has 1 amide bonds. The molecule has 0 saturated carbocycles. The number of carbonyl (C=O) groups is 1. The maximum atomic E-state index is 13.6. The van der Waals surface area contributed by atoms with Crippen LogP contribution >= 0.6 is 0 Å². The van der Waals surface area contributed by atoms with Crippen LogP contribution in [0.1, 0.15) is 30.4 Å². The predicted molar refractivity (Wildman–Crippen MR) is 159 cm³/mol. The van der Waals surface area contributed by atoms with Gasteiger partial charge in [0.1, 0.15) is 18.1 Å². The number of nitrogens with one attached hydrogen (secondary N) is 1. The van der Waals surface area contributed by atoms with Gasteiger partial charge in [0.15, 0.2) is 6.10 Å². The first-order valence-electron chi connectivity index (χ1n) is 13.9. The number of amides is 1. The van der Waals surface area contributed by atoms with Crippen molar-refractivity contribution in [1.82, 2.24) is 9.62 Å². The third-order valence-corrected chi connectivity index (χ3v) is 11.0. The van der Waals surface area contributed by atoms with Crippen molar-refractivity contribution in [2.45, 2.75) is 49.0 Å². The highest BCUT2D eigenvalue weighted by Gasteiger charge is 2.37. The van der Waals surface area contributed by atoms with Crippen LogP contribution in [0.25, 0.3) is 0 Å². The van der Waals surface area contributed by atoms with E-state index in [9.17, 15) is 21.6 Å². The van der Waals surface area contributed by atoms with Gasteiger partial charge < -0.3 is 14.8 Å². The molecular weight excluding hydrogens is 578 g/mol. The van der Waals surface area contributed by atoms with E-state index in [0.29, 0.717) is 30.3 Å². The lowest BCUT2D eigenvalue weighted by atomic mass is 10.1. The minimum atomic E-state index is -3.96. The van der Waals surface area contributed by atoms with Crippen molar-refractivity contribution in [3.05, 3.63) is 77.9 Å². The fourth-order valence-corrected chi connectivity index (χ4v) is 7.97. The lowest BCUT2D eigenvalue weighted by molar-refractivity contribution is -0.127. The maximum Gasteiger partial charge on any atom is 0.264 e. The highest BCUT2D eigenvalue weighted by atomic mass is 32.2. The molecule has 2 aliphatic rings. The summed E-state index contributed by atoms with van der Waals surface area (Å²) in [5.74, 6) is 0.297. The van der Waals surface area contributed by atoms with Gasteiger partial charge in [0.05, 0.1) is 28.6 Å². The molecule has 1 saturated heterocycles. The first-order valence-corrected chi connectivity index (χ1v) is 16.8. The molecule has 0 radical (unpaired) electrons. The van der Waals surface area contributed by atoms with Crippen molar-refractivity contribution in [2.24, 2.45) is 0 Å². The fourth-order valence-electron chi connectivity index (χ4n) is 4.98. The average molecular weight is 614 g/mol. The molecule has 1 N–H and O–H groups in total. The van der Waals surface area contributed by atoms with Gasteiger partial charge in [-0.25, -0.2) is 16.8 Å². The molecule has 0 unspecified atom stereocenters. The van der Waals surface area contributed by atoms with E-state index in [1.165, 1.54) is 20.7 Å². The van der Waals surface area contributed by atoms with Crippen molar-refractivity contribution in [1.29, 1.82) is 0 Å². The van der Waals surface area contributed by atoms with Crippen molar-refractivity contribution >= 4 is 31.6 Å². The third kappa shape index (κ3) is 6.40. The zero-order chi connectivity index (χ0) is 29.9. The Morgan fingerprint density at radius 1 is 0.857 bits per heavy atom. The van der Waals surface area contributed by atoms with E-state index < -0.39 is 32.1 Å². The van der Waals surface area contributed by atoms with E-state index >= 15 is 0 Å². The number of nitrogens with zero attached hydrogens (tertiary/aromatic N) is 2. The van der Waals surface area contributed by atoms with Crippen LogP contribution in [0.2, 0.25) is 0 Å². The summed E-state index contributed by atoms with van der Waals surface area (Å²) in [5, 5.41) is 2.75. The summed E-state index contributed by atoms with van der Waals surface area (Å²) in [4.78, 5) is 13.4. The van der Waals surface area contributed by atoms with Crippen LogP contribution in [0.3, 0.4) is 0 Å². The lowest BCUT2D eigenvalue weighted by Crippen LogP contribution is -2.51. The van der Waals surface area contributed by atoms with E-state index in [0.717, 1.165) is 30.4 Å². The third-order valence-electron chi connectivity index (χ3n) is 7.33. The van der Waals surface area contributed by atoms with Gasteiger partial charge in [-0.3, -0.25) is 9.10 Å². The summed E-state index contributed by atoms with van der Waals surface area (Å²) in [6, 6.07) is 18.0. The zero-order valence-electron chi connectivity index (χ0n) is 23.7. The van der Waals surface area contributed by atoms with Crippen LogP contribution < -0.4 is 19.1 Å². The van der Waals surface area contributed by atoms with Crippen molar-refractivity contribution < 1.29 is 31.1 Å². The monoisotopic (exact) mass is 613 g/mol. The van der Waals surface area contributed by atoms with Gasteiger partial charge in [0.2, 0.25) is 10.0 Å². The van der Waals surface area contributed by atoms with Crippen LogP contribution in [0.5, 0.6) is 11.5 Å². The molecule has 0 aliphatic carbocycles. The van der Waals surface area contributed by atoms with E-state index in [-0.39, 0.29) is 29.5 Å². The molecule has 3 aromatic rings. The predicted octanol–water partition coefficient (Wildman–Crippen LogP) is 3.63. The molecule has 5 rings (SSSR count). The largest absolute Gasteiger partial charge is 0.492 e. The first-order chi connectivity index (χ1) is 20.1. The number of rotatable bonds is 9. The van der Waals surface area contributed by atoms with Crippen LogP contribution in [0.15, 0.2) is 76.5 Å². The lowest BCUT2D eigenvalue weighted by Gasteiger charge is -2.35. The van der Waals surface area contributed by atoms with Gasteiger partial charge in [-0.15, -0.1) is 0 Å². The summed E-state index contributed by atoms with van der Waals surface area (Å²) >= 11 is 0. The Hall–Kier alpha value is -3.61. The first kappa shape index (κ1) is 29.9. The minimum absolute atomic E-state index is 0.123. The van der Waals surface area contributed by atoms with Crippen LogP contribution in [0.4, 0.5) is 5.69 Å². The summed E-state index contributed by atoms with van der Waals surface area (Å²) < 4.78 is 67.3. The second-order valence-corrected chi connectivity index (χ2v) is 14.3. The average Bonchev–Trinajstić information content (AvgIpc) is 2.99. The number of carbonyl (C=O) groups excluding carboxylic acids is 1. The fraction of sp³-hybridized carbons (Fsp3) is 0.367. The molecule has 0 spiro atoms. The second kappa shape index (κ2) is 12.3. The zero-order valence-corrected chi connectivity index (χ0v) is 25.3. The van der Waals surface area contributed by atoms with Crippen LogP contribution in [-0.2, 0) is 24.8 Å². The highest BCUT2D eigenvalue weighted by Crippen LogP contribution is 2.37. The molecule has 1 atom stereocenters. The Kier molecular flexibility index (Phi) is 8.76. The van der Waals surface area contributed by atoms with E-state index in [2.05, 4.69) is 5.32 Å². The van der Waals surface area contributed by atoms with Gasteiger partial charge in [-0.2, -0.15) is 4.31 Å². The number of fused-ring (bicyclic) bond motifs is 1. The number of benzene rings is 3. The number of ether oxygens (including phenoxy) is 2. The molecular formula is C30H35N3O7S2. The molecule has 224 valence electrons. The number of hydrogen-bond acceptors (Lipinski definition) is 7. The normalized spacial score (nSPS) is 17.7. The molecule has 2 heterocycles. The Morgan fingerprint density at radius 2 is 1.48 bits per heavy atom. The Labute approximate surface area is 247 Å². The Bertz CT molecular complexity index is 1640. The summed E-state index contributed by atoms with van der Waals surface area (Å²) in [7, 11) is -7.48. The second-order valence-electron chi connectivity index (χ2n) is 10.5. The molecule has 10 nitrogen and oxygen atoms in total. The molecule has 3 aromatic carbocycles. The number of hydrogen-bond donors (Lipinski definition) is 1. The standard InChI is InChI=1S/C30H35N3O7S2/c1-22-6-11-26(12-7-22)42(37,38)33-21-29(40-28-15-8-23(2)20-27(28)33)30(34)31-16-19-39-24-9-13-25(14-10-24)41(35,36)32-17-4-3-5-18-32/h6-15,20,29H,3-5,16-19,21H2,1-2H3,(H,31,34)/t29-/m1/s1. The minimum Gasteiger partial charge on any atom is -0.492 e. The molecule has 12 heteroatoms. The van der Waals surface area contributed by atoms with E-state index in [1.54, 1.807) is 54.6 Å². The smallest absolute Gasteiger partial charge is 0.264 e. The van der Waals surface area contributed by atoms with Gasteiger partial charge in [0, 0.05) is 13.1 Å². The van der Waals surface area contributed by atoms with Crippen LogP contribution in [0, 0.1) is 13.8 Å². The molecule has 2 aliphatic heterocycles. The van der Waals surface area contributed by atoms with E-state index in [1.807, 2.05) is 13.8 Å². The SMILES string of the molecule is Cc1ccc(S(=O)(=O)N2C[C@H](C(=O)NCCOc3ccc(S(=O)(=O)N4CCCCC4)cc3)Oc3ccc(C)cc32)cc1. The van der Waals surface area contributed by atoms with Gasteiger partial charge in [0.25, 0.3) is 15.9 Å². The topological polar surface area (TPSA) is 122 Å². The van der Waals surface area contributed by atoms with Crippen molar-refractivity contribution in [3.63, 3.8) is 0 Å². The summed E-state index contributed by atoms with van der Waals surface area (Å²) in [6.07, 6.45) is 1.70. The van der Waals surface area contributed by atoms with Crippen LogP contribution in [-0.4, -0.2) is 65.9 Å².